The van der Waals surface area contributed by atoms with Crippen molar-refractivity contribution >= 4 is 35.5 Å². The number of alkyl carbamates (subject to hydrolysis) is 1. The first-order valence-electron chi connectivity index (χ1n) is 19.0. The lowest BCUT2D eigenvalue weighted by atomic mass is 9.82. The topological polar surface area (TPSA) is 176 Å². The molecule has 3 aromatic carbocycles. The largest absolute Gasteiger partial charge is 0.444 e. The number of carbonyl (C=O) groups is 4. The average molecular weight is 774 g/mol. The Balaban J connectivity index is 1.18. The van der Waals surface area contributed by atoms with Crippen molar-refractivity contribution in [3.8, 4) is 0 Å². The fourth-order valence-electron chi connectivity index (χ4n) is 7.17. The normalized spacial score (nSPS) is 17.1. The Hall–Kier alpha value is -6.57. The molecule has 0 radical (unpaired) electrons. The minimum absolute atomic E-state index is 0.0192. The first kappa shape index (κ1) is 40.1. The van der Waals surface area contributed by atoms with Gasteiger partial charge >= 0.3 is 12.2 Å². The second-order valence-electron chi connectivity index (χ2n) is 14.5. The third-order valence-corrected chi connectivity index (χ3v) is 10.2. The van der Waals surface area contributed by atoms with Gasteiger partial charge in [0.25, 0.3) is 5.56 Å². The van der Waals surface area contributed by atoms with Gasteiger partial charge in [-0.15, -0.1) is 6.58 Å². The Morgan fingerprint density at radius 1 is 0.912 bits per heavy atom. The van der Waals surface area contributed by atoms with Crippen LogP contribution in [0.2, 0.25) is 0 Å². The number of hydrogen-bond acceptors (Lipinski definition) is 9. The van der Waals surface area contributed by atoms with Crippen molar-refractivity contribution in [3.05, 3.63) is 142 Å². The van der Waals surface area contributed by atoms with Crippen LogP contribution in [0.3, 0.4) is 0 Å². The number of hydrogen-bond donors (Lipinski definition) is 3. The maximum absolute atomic E-state index is 14.4. The summed E-state index contributed by atoms with van der Waals surface area (Å²) in [5.74, 6) is -0.393. The Labute approximate surface area is 331 Å². The summed E-state index contributed by atoms with van der Waals surface area (Å²) in [6.07, 6.45) is 4.32. The predicted octanol–water partition coefficient (Wildman–Crippen LogP) is 5.75. The predicted molar refractivity (Wildman–Crippen MR) is 214 cm³/mol. The van der Waals surface area contributed by atoms with Crippen LogP contribution in [-0.2, 0) is 44.2 Å². The molecule has 0 saturated carbocycles. The van der Waals surface area contributed by atoms with Crippen molar-refractivity contribution in [2.45, 2.75) is 70.2 Å². The van der Waals surface area contributed by atoms with Crippen LogP contribution in [0.15, 0.2) is 109 Å². The fourth-order valence-corrected chi connectivity index (χ4v) is 7.17. The maximum Gasteiger partial charge on any atom is 0.415 e. The van der Waals surface area contributed by atoms with Gasteiger partial charge in [0, 0.05) is 43.6 Å². The molecule has 14 heteroatoms. The summed E-state index contributed by atoms with van der Waals surface area (Å²) < 4.78 is 12.1. The highest BCUT2D eigenvalue weighted by molar-refractivity contribution is 6.04. The fraction of sp³-hybridized carbons (Fsp3) is 0.326. The number of anilines is 1. The average Bonchev–Trinajstić information content (AvgIpc) is 3.54. The van der Waals surface area contributed by atoms with Gasteiger partial charge in [-0.3, -0.25) is 34.6 Å². The highest BCUT2D eigenvalue weighted by atomic mass is 16.6. The summed E-state index contributed by atoms with van der Waals surface area (Å²) >= 11 is 0. The van der Waals surface area contributed by atoms with E-state index in [1.54, 1.807) is 24.3 Å². The molecule has 14 nitrogen and oxygen atoms in total. The number of benzene rings is 3. The lowest BCUT2D eigenvalue weighted by molar-refractivity contribution is -0.133. The summed E-state index contributed by atoms with van der Waals surface area (Å²) in [4.78, 5) is 75.4. The van der Waals surface area contributed by atoms with Crippen LogP contribution in [0.1, 0.15) is 73.1 Å². The van der Waals surface area contributed by atoms with E-state index in [9.17, 15) is 24.0 Å². The van der Waals surface area contributed by atoms with E-state index < -0.39 is 35.1 Å². The van der Waals surface area contributed by atoms with Gasteiger partial charge in [0.2, 0.25) is 11.8 Å². The molecule has 2 atom stereocenters. The highest BCUT2D eigenvalue weighted by Gasteiger charge is 2.48. The molecule has 1 fully saturated rings. The molecule has 4 aromatic rings. The zero-order chi connectivity index (χ0) is 40.4. The molecule has 2 unspecified atom stereocenters. The van der Waals surface area contributed by atoms with E-state index in [0.717, 1.165) is 35.3 Å². The third-order valence-electron chi connectivity index (χ3n) is 10.2. The van der Waals surface area contributed by atoms with Crippen LogP contribution in [0.4, 0.5) is 15.3 Å². The molecular formula is C43H47N7O7. The van der Waals surface area contributed by atoms with Gasteiger partial charge in [-0.05, 0) is 42.4 Å². The van der Waals surface area contributed by atoms with Crippen LogP contribution in [0.5, 0.6) is 0 Å². The molecule has 0 spiro atoms. The Kier molecular flexibility index (Phi) is 12.9. The first-order valence-corrected chi connectivity index (χ1v) is 19.0. The van der Waals surface area contributed by atoms with E-state index >= 15 is 0 Å². The van der Waals surface area contributed by atoms with Crippen molar-refractivity contribution in [2.75, 3.05) is 24.5 Å². The molecule has 1 saturated heterocycles. The van der Waals surface area contributed by atoms with Crippen molar-refractivity contribution in [1.29, 1.82) is 5.41 Å². The number of ether oxygens (including phenoxy) is 2. The molecule has 3 heterocycles. The number of nitrogens with zero attached hydrogens (tertiary/aromatic N) is 4. The molecule has 1 aromatic heterocycles. The number of nitrogens with one attached hydrogen (secondary N) is 3. The van der Waals surface area contributed by atoms with Crippen molar-refractivity contribution in [3.63, 3.8) is 0 Å². The number of amidine groups is 1. The number of amides is 4. The molecule has 2 aliphatic rings. The summed E-state index contributed by atoms with van der Waals surface area (Å²) in [7, 11) is 0. The van der Waals surface area contributed by atoms with E-state index in [1.807, 2.05) is 72.5 Å². The third kappa shape index (κ3) is 9.82. The van der Waals surface area contributed by atoms with Gasteiger partial charge in [-0.1, -0.05) is 97.9 Å². The molecule has 57 heavy (non-hydrogen) atoms. The molecule has 0 bridgehead atoms. The molecule has 4 amide bonds. The molecule has 0 aliphatic carbocycles. The number of rotatable bonds is 13. The number of fused-ring (bicyclic) bond motifs is 1. The minimum atomic E-state index is -1.04. The van der Waals surface area contributed by atoms with Crippen LogP contribution >= 0.6 is 0 Å². The smallest absolute Gasteiger partial charge is 0.415 e. The van der Waals surface area contributed by atoms with Crippen molar-refractivity contribution < 1.29 is 28.7 Å². The van der Waals surface area contributed by atoms with Crippen LogP contribution in [0, 0.1) is 5.41 Å². The summed E-state index contributed by atoms with van der Waals surface area (Å²) in [6.45, 7) is 6.99. The lowest BCUT2D eigenvalue weighted by Gasteiger charge is -2.31. The van der Waals surface area contributed by atoms with Crippen LogP contribution in [0.25, 0.3) is 0 Å². The van der Waals surface area contributed by atoms with Crippen LogP contribution in [-0.4, -0.2) is 63.9 Å². The van der Waals surface area contributed by atoms with Gasteiger partial charge in [-0.25, -0.2) is 14.6 Å². The Morgan fingerprint density at radius 2 is 1.54 bits per heavy atom. The van der Waals surface area contributed by atoms with Gasteiger partial charge in [0.05, 0.1) is 6.20 Å². The van der Waals surface area contributed by atoms with E-state index in [-0.39, 0.29) is 62.4 Å². The minimum Gasteiger partial charge on any atom is -0.444 e. The second kappa shape index (κ2) is 18.4. The number of likely N-dealkylation sites (tertiary alicyclic amines) is 1. The SMILES string of the molecule is C=CCN(C(=O)OCc1ccccc1)c1cnc2n(c1=O)C(C(=O)NCc1ccc(C(=N)NC(=O)OCc3ccccc3)cc1)CC2(C)CC(=O)N1CCCCC1. The second-order valence-corrected chi connectivity index (χ2v) is 14.5. The number of piperidine rings is 1. The zero-order valence-corrected chi connectivity index (χ0v) is 31.9. The van der Waals surface area contributed by atoms with E-state index in [0.29, 0.717) is 24.2 Å². The van der Waals surface area contributed by atoms with Crippen molar-refractivity contribution in [1.82, 2.24) is 25.1 Å². The van der Waals surface area contributed by atoms with Gasteiger partial charge in [0.1, 0.15) is 36.6 Å². The molecule has 296 valence electrons. The summed E-state index contributed by atoms with van der Waals surface area (Å²) in [6, 6.07) is 24.0. The molecule has 6 rings (SSSR count). The summed E-state index contributed by atoms with van der Waals surface area (Å²) in [5.41, 5.74) is 1.05. The molecule has 2 aliphatic heterocycles. The molecule has 3 N–H and O–H groups in total. The maximum atomic E-state index is 14.4. The van der Waals surface area contributed by atoms with Gasteiger partial charge < -0.3 is 19.7 Å². The Bertz CT molecular complexity index is 2150. The van der Waals surface area contributed by atoms with E-state index in [2.05, 4.69) is 22.2 Å². The highest BCUT2D eigenvalue weighted by Crippen LogP contribution is 2.42. The van der Waals surface area contributed by atoms with Gasteiger partial charge in [-0.2, -0.15) is 0 Å². The quantitative estimate of drug-likeness (QED) is 0.0875. The standard InChI is InChI=1S/C43H47N7O7/c1-3-21-49(42(55)57-29-32-15-9-5-10-16-32)35-27-46-40-43(2,25-36(51)48-22-11-6-12-23-48)24-34(50(40)39(35)53)38(52)45-26-30-17-19-33(20-18-30)37(44)47-41(54)56-28-31-13-7-4-8-14-31/h3-5,7-10,13-20,27,34H,1,6,11-12,21-26,28-29H2,2H3,(H,45,52)(H2,44,47,54). The monoisotopic (exact) mass is 773 g/mol. The van der Waals surface area contributed by atoms with E-state index in [1.165, 1.54) is 16.8 Å². The molecular weight excluding hydrogens is 727 g/mol. The van der Waals surface area contributed by atoms with Crippen LogP contribution < -0.4 is 21.1 Å². The Morgan fingerprint density at radius 3 is 2.18 bits per heavy atom. The van der Waals surface area contributed by atoms with Crippen molar-refractivity contribution in [2.24, 2.45) is 0 Å². The van der Waals surface area contributed by atoms with E-state index in [4.69, 9.17) is 14.9 Å². The lowest BCUT2D eigenvalue weighted by Crippen LogP contribution is -2.41. The number of carbonyl (C=O) groups excluding carboxylic acids is 4. The number of aromatic nitrogens is 2. The zero-order valence-electron chi connectivity index (χ0n) is 31.9. The van der Waals surface area contributed by atoms with Gasteiger partial charge in [0.15, 0.2) is 0 Å². The summed E-state index contributed by atoms with van der Waals surface area (Å²) in [5, 5.41) is 13.7. The first-order chi connectivity index (χ1) is 27.6.